The minimum Gasteiger partial charge on any atom is -0.424 e. The molecule has 0 aliphatic heterocycles. The number of aromatic nitrogens is 2. The number of nitrogens with zero attached hydrogens (tertiary/aromatic N) is 3. The Hall–Kier alpha value is -1.68. The molecule has 1 aromatic carbocycles. The summed E-state index contributed by atoms with van der Waals surface area (Å²) in [4.78, 5) is 2.43. The maximum absolute atomic E-state index is 5.62. The van der Waals surface area contributed by atoms with E-state index in [9.17, 15) is 0 Å². The second kappa shape index (κ2) is 5.53. The van der Waals surface area contributed by atoms with Crippen LogP contribution in [0.1, 0.15) is 37.1 Å². The number of hydrogen-bond acceptors (Lipinski definition) is 4. The van der Waals surface area contributed by atoms with Crippen molar-refractivity contribution < 1.29 is 4.42 Å². The SMILES string of the molecule is CCc1nnc(CN(Cc2ccccc2)C2CC2)o1. The van der Waals surface area contributed by atoms with E-state index >= 15 is 0 Å². The summed E-state index contributed by atoms with van der Waals surface area (Å²) in [5.41, 5.74) is 1.34. The molecule has 0 radical (unpaired) electrons. The lowest BCUT2D eigenvalue weighted by Crippen LogP contribution is -2.25. The molecule has 19 heavy (non-hydrogen) atoms. The van der Waals surface area contributed by atoms with Crippen molar-refractivity contribution in [1.82, 2.24) is 15.1 Å². The van der Waals surface area contributed by atoms with Gasteiger partial charge >= 0.3 is 0 Å². The fourth-order valence-corrected chi connectivity index (χ4v) is 2.24. The first-order chi connectivity index (χ1) is 9.35. The van der Waals surface area contributed by atoms with Crippen molar-refractivity contribution in [3.05, 3.63) is 47.7 Å². The fourth-order valence-electron chi connectivity index (χ4n) is 2.24. The van der Waals surface area contributed by atoms with Crippen LogP contribution in [-0.4, -0.2) is 21.1 Å². The van der Waals surface area contributed by atoms with Gasteiger partial charge < -0.3 is 4.42 Å². The van der Waals surface area contributed by atoms with Crippen LogP contribution in [0.2, 0.25) is 0 Å². The Morgan fingerprint density at radius 3 is 2.47 bits per heavy atom. The molecule has 4 heteroatoms. The van der Waals surface area contributed by atoms with Gasteiger partial charge in [-0.2, -0.15) is 0 Å². The molecular weight excluding hydrogens is 238 g/mol. The van der Waals surface area contributed by atoms with E-state index in [0.29, 0.717) is 6.04 Å². The minimum absolute atomic E-state index is 0.678. The summed E-state index contributed by atoms with van der Waals surface area (Å²) in [5, 5.41) is 8.15. The molecule has 0 unspecified atom stereocenters. The molecule has 0 N–H and O–H groups in total. The zero-order chi connectivity index (χ0) is 13.1. The molecule has 100 valence electrons. The van der Waals surface area contributed by atoms with Gasteiger partial charge in [-0.05, 0) is 18.4 Å². The van der Waals surface area contributed by atoms with Gasteiger partial charge in [0.05, 0.1) is 6.54 Å². The molecular formula is C15H19N3O. The highest BCUT2D eigenvalue weighted by atomic mass is 16.4. The maximum Gasteiger partial charge on any atom is 0.230 e. The summed E-state index contributed by atoms with van der Waals surface area (Å²) in [6.45, 7) is 3.74. The predicted octanol–water partition coefficient (Wildman–Crippen LogP) is 2.80. The molecule has 0 spiro atoms. The number of rotatable bonds is 6. The van der Waals surface area contributed by atoms with Crippen LogP contribution in [-0.2, 0) is 19.5 Å². The first kappa shape index (κ1) is 12.4. The standard InChI is InChI=1S/C15H19N3O/c1-2-14-16-17-15(19-14)11-18(13-8-9-13)10-12-6-4-3-5-7-12/h3-7,13H,2,8-11H2,1H3. The first-order valence-corrected chi connectivity index (χ1v) is 6.94. The van der Waals surface area contributed by atoms with Crippen molar-refractivity contribution in [2.45, 2.75) is 45.3 Å². The number of hydrogen-bond donors (Lipinski definition) is 0. The van der Waals surface area contributed by atoms with Crippen molar-refractivity contribution in [3.63, 3.8) is 0 Å². The zero-order valence-electron chi connectivity index (χ0n) is 11.2. The van der Waals surface area contributed by atoms with Gasteiger partial charge in [0.15, 0.2) is 0 Å². The quantitative estimate of drug-likeness (QED) is 0.798. The van der Waals surface area contributed by atoms with E-state index in [4.69, 9.17) is 4.42 Å². The van der Waals surface area contributed by atoms with Crippen molar-refractivity contribution in [3.8, 4) is 0 Å². The summed E-state index contributed by atoms with van der Waals surface area (Å²) < 4.78 is 5.62. The van der Waals surface area contributed by atoms with Gasteiger partial charge in [-0.1, -0.05) is 37.3 Å². The molecule has 0 bridgehead atoms. The van der Waals surface area contributed by atoms with Gasteiger partial charge in [-0.25, -0.2) is 0 Å². The Kier molecular flexibility index (Phi) is 3.60. The van der Waals surface area contributed by atoms with Gasteiger partial charge in [0.1, 0.15) is 0 Å². The van der Waals surface area contributed by atoms with Crippen molar-refractivity contribution in [1.29, 1.82) is 0 Å². The molecule has 1 aliphatic carbocycles. The van der Waals surface area contributed by atoms with Gasteiger partial charge in [-0.3, -0.25) is 4.90 Å². The molecule has 1 aliphatic rings. The highest BCUT2D eigenvalue weighted by Crippen LogP contribution is 2.29. The van der Waals surface area contributed by atoms with E-state index in [1.54, 1.807) is 0 Å². The molecule has 1 saturated carbocycles. The molecule has 0 atom stereocenters. The maximum atomic E-state index is 5.62. The van der Waals surface area contributed by atoms with Gasteiger partial charge in [0.25, 0.3) is 0 Å². The second-order valence-corrected chi connectivity index (χ2v) is 5.06. The van der Waals surface area contributed by atoms with Crippen LogP contribution in [0.15, 0.2) is 34.7 Å². The van der Waals surface area contributed by atoms with E-state index in [1.165, 1.54) is 18.4 Å². The molecule has 1 aromatic heterocycles. The first-order valence-electron chi connectivity index (χ1n) is 6.94. The summed E-state index contributed by atoms with van der Waals surface area (Å²) in [6, 6.07) is 11.2. The van der Waals surface area contributed by atoms with Crippen LogP contribution in [0.3, 0.4) is 0 Å². The normalized spacial score (nSPS) is 15.1. The zero-order valence-corrected chi connectivity index (χ0v) is 11.2. The Bertz CT molecular complexity index is 519. The third kappa shape index (κ3) is 3.20. The summed E-state index contributed by atoms with van der Waals surface area (Å²) >= 11 is 0. The highest BCUT2D eigenvalue weighted by Gasteiger charge is 2.30. The predicted molar refractivity (Wildman–Crippen MR) is 72.4 cm³/mol. The van der Waals surface area contributed by atoms with Crippen LogP contribution in [0.5, 0.6) is 0 Å². The molecule has 4 nitrogen and oxygen atoms in total. The summed E-state index contributed by atoms with van der Waals surface area (Å²) in [6.07, 6.45) is 3.36. The lowest BCUT2D eigenvalue weighted by atomic mass is 10.2. The van der Waals surface area contributed by atoms with E-state index in [-0.39, 0.29) is 0 Å². The summed E-state index contributed by atoms with van der Waals surface area (Å²) in [5.74, 6) is 1.46. The topological polar surface area (TPSA) is 42.2 Å². The van der Waals surface area contributed by atoms with Crippen molar-refractivity contribution in [2.24, 2.45) is 0 Å². The lowest BCUT2D eigenvalue weighted by Gasteiger charge is -2.19. The largest absolute Gasteiger partial charge is 0.424 e. The lowest BCUT2D eigenvalue weighted by molar-refractivity contribution is 0.218. The minimum atomic E-state index is 0.678. The molecule has 0 saturated heterocycles. The molecule has 1 fully saturated rings. The van der Waals surface area contributed by atoms with Gasteiger partial charge in [0.2, 0.25) is 11.8 Å². The van der Waals surface area contributed by atoms with E-state index in [2.05, 4.69) is 45.4 Å². The van der Waals surface area contributed by atoms with Crippen LogP contribution in [0.4, 0.5) is 0 Å². The smallest absolute Gasteiger partial charge is 0.230 e. The molecule has 2 aromatic rings. The average molecular weight is 257 g/mol. The highest BCUT2D eigenvalue weighted by molar-refractivity contribution is 5.15. The fraction of sp³-hybridized carbons (Fsp3) is 0.467. The Morgan fingerprint density at radius 1 is 1.11 bits per heavy atom. The van der Waals surface area contributed by atoms with Crippen molar-refractivity contribution in [2.75, 3.05) is 0 Å². The molecule has 0 amide bonds. The van der Waals surface area contributed by atoms with Gasteiger partial charge in [-0.15, -0.1) is 10.2 Å². The van der Waals surface area contributed by atoms with Crippen LogP contribution < -0.4 is 0 Å². The van der Waals surface area contributed by atoms with Crippen LogP contribution >= 0.6 is 0 Å². The number of benzene rings is 1. The Balaban J connectivity index is 1.67. The van der Waals surface area contributed by atoms with Crippen LogP contribution in [0.25, 0.3) is 0 Å². The number of aryl methyl sites for hydroxylation is 1. The van der Waals surface area contributed by atoms with E-state index in [1.807, 2.05) is 6.92 Å². The monoisotopic (exact) mass is 257 g/mol. The molecule has 1 heterocycles. The van der Waals surface area contributed by atoms with Crippen LogP contribution in [0, 0.1) is 0 Å². The van der Waals surface area contributed by atoms with Crippen molar-refractivity contribution >= 4 is 0 Å². The van der Waals surface area contributed by atoms with Gasteiger partial charge in [0, 0.05) is 19.0 Å². The third-order valence-corrected chi connectivity index (χ3v) is 3.44. The van der Waals surface area contributed by atoms with E-state index in [0.717, 1.165) is 31.3 Å². The summed E-state index contributed by atoms with van der Waals surface area (Å²) in [7, 11) is 0. The average Bonchev–Trinajstić information content (AvgIpc) is 3.20. The Labute approximate surface area is 113 Å². The van der Waals surface area contributed by atoms with E-state index < -0.39 is 0 Å². The second-order valence-electron chi connectivity index (χ2n) is 5.06. The molecule has 3 rings (SSSR count). The third-order valence-electron chi connectivity index (χ3n) is 3.44. The Morgan fingerprint density at radius 2 is 1.84 bits per heavy atom.